The highest BCUT2D eigenvalue weighted by Crippen LogP contribution is 2.40. The van der Waals surface area contributed by atoms with Crippen LogP contribution in [0.1, 0.15) is 48.1 Å². The first-order valence-electron chi connectivity index (χ1n) is 14.9. The monoisotopic (exact) mass is 619 g/mol. The van der Waals surface area contributed by atoms with E-state index in [1.165, 1.54) is 36.6 Å². The number of phenols is 1. The number of hydrogen-bond acceptors (Lipinski definition) is 7. The molecule has 234 valence electrons. The van der Waals surface area contributed by atoms with E-state index in [0.29, 0.717) is 35.8 Å². The maximum Gasteiger partial charge on any atom is 0.318 e. The SMILES string of the molecule is C#Cc1c(F)ccc2cc(O)cc(C(=C)N=Cc3c(CF)nc(OC[C@@]45CCCN4CC(F)C5)nc3N3CC=CC(F)CC3)c12. The van der Waals surface area contributed by atoms with Crippen LogP contribution in [0.5, 0.6) is 11.8 Å². The predicted octanol–water partition coefficient (Wildman–Crippen LogP) is 6.07. The molecule has 3 aromatic rings. The van der Waals surface area contributed by atoms with E-state index in [0.717, 1.165) is 19.4 Å². The molecule has 7 nitrogen and oxygen atoms in total. The molecular weight excluding hydrogens is 586 g/mol. The lowest BCUT2D eigenvalue weighted by Gasteiger charge is -2.31. The average Bonchev–Trinajstić information content (AvgIpc) is 3.46. The Labute approximate surface area is 258 Å². The van der Waals surface area contributed by atoms with E-state index >= 15 is 0 Å². The van der Waals surface area contributed by atoms with E-state index in [-0.39, 0.29) is 59.7 Å². The number of rotatable bonds is 8. The normalized spacial score (nSPS) is 23.4. The Morgan fingerprint density at radius 1 is 1.27 bits per heavy atom. The number of ether oxygens (including phenoxy) is 1. The second-order valence-electron chi connectivity index (χ2n) is 11.7. The Morgan fingerprint density at radius 2 is 2.11 bits per heavy atom. The van der Waals surface area contributed by atoms with Gasteiger partial charge in [-0.2, -0.15) is 9.97 Å². The van der Waals surface area contributed by atoms with Gasteiger partial charge in [0.1, 0.15) is 43.0 Å². The van der Waals surface area contributed by atoms with Crippen molar-refractivity contribution in [1.82, 2.24) is 14.9 Å². The van der Waals surface area contributed by atoms with Crippen LogP contribution in [0, 0.1) is 18.2 Å². The van der Waals surface area contributed by atoms with E-state index in [4.69, 9.17) is 11.2 Å². The number of fused-ring (bicyclic) bond motifs is 2. The maximum absolute atomic E-state index is 14.6. The molecule has 2 aromatic carbocycles. The standard InChI is InChI=1S/C34H33F4N5O2/c1-3-26-29(38)8-7-22-14-25(44)15-27(31(22)26)21(2)39-18-28-30(17-35)40-33(41-32(28)42-11-4-6-23(36)9-13-42)45-20-34-10-5-12-43(34)19-24(37)16-34/h1,4,6-8,14-15,18,23-24,44H,2,5,9-13,16-17,19-20H2/t23?,24?,34-/m0/s1. The Bertz CT molecular complexity index is 1740. The number of allylic oxidation sites excluding steroid dienone is 1. The molecule has 6 rings (SSSR count). The molecule has 2 unspecified atom stereocenters. The van der Waals surface area contributed by atoms with Crippen molar-refractivity contribution in [2.45, 2.75) is 50.2 Å². The van der Waals surface area contributed by atoms with Crippen molar-refractivity contribution in [3.8, 4) is 24.1 Å². The van der Waals surface area contributed by atoms with Gasteiger partial charge in [0, 0.05) is 43.2 Å². The van der Waals surface area contributed by atoms with E-state index in [1.54, 1.807) is 11.0 Å². The van der Waals surface area contributed by atoms with Gasteiger partial charge in [-0.3, -0.25) is 9.89 Å². The van der Waals surface area contributed by atoms with Gasteiger partial charge in [0.05, 0.1) is 28.1 Å². The van der Waals surface area contributed by atoms with Gasteiger partial charge in [-0.1, -0.05) is 30.7 Å². The Balaban J connectivity index is 1.38. The summed E-state index contributed by atoms with van der Waals surface area (Å²) in [7, 11) is 0. The molecule has 4 heterocycles. The summed E-state index contributed by atoms with van der Waals surface area (Å²) in [5.41, 5.74) is 0.172. The van der Waals surface area contributed by atoms with E-state index in [1.807, 2.05) is 0 Å². The molecule has 2 saturated heterocycles. The van der Waals surface area contributed by atoms with Gasteiger partial charge in [0.25, 0.3) is 0 Å². The Morgan fingerprint density at radius 3 is 2.91 bits per heavy atom. The smallest absolute Gasteiger partial charge is 0.318 e. The number of phenolic OH excluding ortho intramolecular Hbond substituents is 1. The van der Waals surface area contributed by atoms with E-state index in [9.17, 15) is 22.7 Å². The molecule has 45 heavy (non-hydrogen) atoms. The van der Waals surface area contributed by atoms with Gasteiger partial charge in [0.15, 0.2) is 0 Å². The first-order valence-corrected chi connectivity index (χ1v) is 14.9. The number of hydrogen-bond donors (Lipinski definition) is 1. The quantitative estimate of drug-likeness (QED) is 0.143. The van der Waals surface area contributed by atoms with E-state index < -0.39 is 30.4 Å². The first kappa shape index (κ1) is 30.6. The molecule has 0 bridgehead atoms. The summed E-state index contributed by atoms with van der Waals surface area (Å²) in [6.45, 7) is 4.92. The zero-order valence-corrected chi connectivity index (χ0v) is 24.7. The number of aromatic hydroxyl groups is 1. The van der Waals surface area contributed by atoms with Gasteiger partial charge < -0.3 is 14.7 Å². The third-order valence-corrected chi connectivity index (χ3v) is 8.84. The molecule has 1 N–H and O–H groups in total. The highest BCUT2D eigenvalue weighted by atomic mass is 19.1. The minimum atomic E-state index is -1.14. The van der Waals surface area contributed by atoms with Crippen molar-refractivity contribution < 1.29 is 27.4 Å². The molecule has 11 heteroatoms. The van der Waals surface area contributed by atoms with Crippen LogP contribution in [0.25, 0.3) is 16.5 Å². The lowest BCUT2D eigenvalue weighted by Crippen LogP contribution is -2.43. The largest absolute Gasteiger partial charge is 0.508 e. The molecule has 0 spiro atoms. The van der Waals surface area contributed by atoms with Gasteiger partial charge in [-0.05, 0) is 49.4 Å². The van der Waals surface area contributed by atoms with Crippen molar-refractivity contribution in [2.24, 2.45) is 4.99 Å². The number of terminal acetylenes is 1. The van der Waals surface area contributed by atoms with Crippen LogP contribution in [-0.4, -0.2) is 76.9 Å². The summed E-state index contributed by atoms with van der Waals surface area (Å²) in [4.78, 5) is 17.4. The number of alkyl halides is 3. The van der Waals surface area contributed by atoms with Crippen molar-refractivity contribution in [3.05, 3.63) is 71.2 Å². The summed E-state index contributed by atoms with van der Waals surface area (Å²) in [5.74, 6) is 1.94. The summed E-state index contributed by atoms with van der Waals surface area (Å²) >= 11 is 0. The van der Waals surface area contributed by atoms with Gasteiger partial charge in [-0.25, -0.2) is 17.6 Å². The minimum absolute atomic E-state index is 0.00686. The van der Waals surface area contributed by atoms with Gasteiger partial charge in [0.2, 0.25) is 0 Å². The lowest BCUT2D eigenvalue weighted by atomic mass is 9.95. The summed E-state index contributed by atoms with van der Waals surface area (Å²) in [6, 6.07) is 5.49. The number of anilines is 1. The van der Waals surface area contributed by atoms with Crippen LogP contribution >= 0.6 is 0 Å². The molecular formula is C34H33F4N5O2. The van der Waals surface area contributed by atoms with Gasteiger partial charge in [-0.15, -0.1) is 6.42 Å². The predicted molar refractivity (Wildman–Crippen MR) is 166 cm³/mol. The average molecular weight is 620 g/mol. The number of benzene rings is 2. The Kier molecular flexibility index (Phi) is 8.51. The molecule has 2 fully saturated rings. The number of halogens is 4. The highest BCUT2D eigenvalue weighted by molar-refractivity contribution is 6.00. The molecule has 3 atom stereocenters. The molecule has 1 aromatic heterocycles. The third kappa shape index (κ3) is 5.99. The van der Waals surface area contributed by atoms with Crippen LogP contribution in [0.15, 0.2) is 48.0 Å². The van der Waals surface area contributed by atoms with Crippen LogP contribution in [0.3, 0.4) is 0 Å². The van der Waals surface area contributed by atoms with Crippen molar-refractivity contribution in [3.63, 3.8) is 0 Å². The molecule has 0 amide bonds. The fraction of sp³-hybridized carbons (Fsp3) is 0.382. The van der Waals surface area contributed by atoms with Crippen molar-refractivity contribution >= 4 is 28.5 Å². The minimum Gasteiger partial charge on any atom is -0.508 e. The molecule has 3 aliphatic rings. The fourth-order valence-electron chi connectivity index (χ4n) is 6.67. The zero-order valence-electron chi connectivity index (χ0n) is 24.7. The first-order chi connectivity index (χ1) is 21.7. The second kappa shape index (κ2) is 12.5. The lowest BCUT2D eigenvalue weighted by molar-refractivity contribution is 0.107. The molecule has 0 radical (unpaired) electrons. The fourth-order valence-corrected chi connectivity index (χ4v) is 6.67. The van der Waals surface area contributed by atoms with E-state index in [2.05, 4.69) is 32.4 Å². The van der Waals surface area contributed by atoms with Crippen LogP contribution < -0.4 is 9.64 Å². The molecule has 0 saturated carbocycles. The number of aromatic nitrogens is 2. The summed E-state index contributed by atoms with van der Waals surface area (Å²) in [5, 5.41) is 11.2. The number of nitrogens with zero attached hydrogens (tertiary/aromatic N) is 5. The summed E-state index contributed by atoms with van der Waals surface area (Å²) < 4.78 is 63.9. The summed E-state index contributed by atoms with van der Waals surface area (Å²) in [6.07, 6.45) is 10.3. The Hall–Kier alpha value is -4.43. The topological polar surface area (TPSA) is 74.1 Å². The zero-order chi connectivity index (χ0) is 31.7. The maximum atomic E-state index is 14.6. The van der Waals surface area contributed by atoms with Crippen molar-refractivity contribution in [2.75, 3.05) is 37.7 Å². The third-order valence-electron chi connectivity index (χ3n) is 8.84. The molecule has 0 aliphatic carbocycles. The van der Waals surface area contributed by atoms with Gasteiger partial charge >= 0.3 is 6.01 Å². The van der Waals surface area contributed by atoms with Crippen LogP contribution in [-0.2, 0) is 6.67 Å². The highest BCUT2D eigenvalue weighted by Gasteiger charge is 2.49. The number of aliphatic imine (C=N–C) groups is 1. The van der Waals surface area contributed by atoms with Crippen molar-refractivity contribution in [1.29, 1.82) is 0 Å². The second-order valence-corrected chi connectivity index (χ2v) is 11.7. The molecule has 3 aliphatic heterocycles. The van der Waals surface area contributed by atoms with Crippen LogP contribution in [0.2, 0.25) is 0 Å². The van der Waals surface area contributed by atoms with Crippen LogP contribution in [0.4, 0.5) is 23.4 Å².